The van der Waals surface area contributed by atoms with Crippen molar-refractivity contribution in [2.75, 3.05) is 10.6 Å². The van der Waals surface area contributed by atoms with Gasteiger partial charge in [-0.3, -0.25) is 9.59 Å². The van der Waals surface area contributed by atoms with Crippen molar-refractivity contribution in [2.45, 2.75) is 30.4 Å². The smallest absolute Gasteiger partial charge is 0.336 e. The number of rotatable bonds is 8. The standard InChI is InChI=1S/C29H25ClN2O4S/c1-3-25(28(34)32-24-15-7-14-23(30)17(24)2)37-20-11-6-10-19(16-20)31-27(33)21-12-4-8-18-9-5-13-22(26(18)21)29(35)36/h4-16,25H,3H2,1-2H3,(H,31,33)(H,32,34)(H,35,36). The predicted molar refractivity (Wildman–Crippen MR) is 150 cm³/mol. The lowest BCUT2D eigenvalue weighted by atomic mass is 9.98. The van der Waals surface area contributed by atoms with Crippen molar-refractivity contribution in [3.63, 3.8) is 0 Å². The fraction of sp³-hybridized carbons (Fsp3) is 0.138. The largest absolute Gasteiger partial charge is 0.478 e. The lowest BCUT2D eigenvalue weighted by molar-refractivity contribution is -0.115. The normalized spacial score (nSPS) is 11.6. The monoisotopic (exact) mass is 532 g/mol. The number of aromatic carboxylic acids is 1. The minimum absolute atomic E-state index is 0.0688. The first kappa shape index (κ1) is 26.3. The molecule has 1 unspecified atom stereocenters. The third kappa shape index (κ3) is 5.96. The fourth-order valence-corrected chi connectivity index (χ4v) is 5.18. The van der Waals surface area contributed by atoms with E-state index in [1.807, 2.05) is 26.0 Å². The Labute approximate surface area is 224 Å². The molecule has 0 aliphatic heterocycles. The second-order valence-corrected chi connectivity index (χ2v) is 10.1. The van der Waals surface area contributed by atoms with Crippen LogP contribution >= 0.6 is 23.4 Å². The van der Waals surface area contributed by atoms with E-state index < -0.39 is 11.9 Å². The van der Waals surface area contributed by atoms with Crippen LogP contribution in [0.3, 0.4) is 0 Å². The second kappa shape index (κ2) is 11.5. The van der Waals surface area contributed by atoms with Crippen molar-refractivity contribution < 1.29 is 19.5 Å². The molecule has 1 atom stereocenters. The van der Waals surface area contributed by atoms with E-state index in [9.17, 15) is 19.5 Å². The highest BCUT2D eigenvalue weighted by atomic mass is 35.5. The number of thioether (sulfide) groups is 1. The average Bonchev–Trinajstić information content (AvgIpc) is 2.89. The maximum Gasteiger partial charge on any atom is 0.336 e. The highest BCUT2D eigenvalue weighted by molar-refractivity contribution is 8.00. The number of hydrogen-bond donors (Lipinski definition) is 3. The molecule has 4 rings (SSSR count). The highest BCUT2D eigenvalue weighted by Crippen LogP contribution is 2.31. The molecule has 37 heavy (non-hydrogen) atoms. The van der Waals surface area contributed by atoms with E-state index in [1.54, 1.807) is 60.7 Å². The number of hydrogen-bond acceptors (Lipinski definition) is 4. The molecule has 8 heteroatoms. The van der Waals surface area contributed by atoms with Gasteiger partial charge in [0.15, 0.2) is 0 Å². The first-order valence-corrected chi connectivity index (χ1v) is 12.9. The Kier molecular flexibility index (Phi) is 8.16. The van der Waals surface area contributed by atoms with Crippen LogP contribution in [0.25, 0.3) is 10.8 Å². The third-order valence-corrected chi connectivity index (χ3v) is 7.71. The number of benzene rings is 4. The van der Waals surface area contributed by atoms with Crippen LogP contribution in [-0.2, 0) is 4.79 Å². The van der Waals surface area contributed by atoms with Crippen LogP contribution in [0, 0.1) is 6.92 Å². The van der Waals surface area contributed by atoms with Gasteiger partial charge < -0.3 is 15.7 Å². The van der Waals surface area contributed by atoms with Crippen LogP contribution in [0.5, 0.6) is 0 Å². The molecular weight excluding hydrogens is 508 g/mol. The Bertz CT molecular complexity index is 1500. The lowest BCUT2D eigenvalue weighted by Gasteiger charge is -2.17. The van der Waals surface area contributed by atoms with Crippen molar-refractivity contribution in [1.29, 1.82) is 0 Å². The summed E-state index contributed by atoms with van der Waals surface area (Å²) in [7, 11) is 0. The summed E-state index contributed by atoms with van der Waals surface area (Å²) in [5, 5.41) is 16.7. The van der Waals surface area contributed by atoms with E-state index in [1.165, 1.54) is 17.8 Å². The Morgan fingerprint density at radius 2 is 1.59 bits per heavy atom. The van der Waals surface area contributed by atoms with Crippen LogP contribution in [0.4, 0.5) is 11.4 Å². The molecule has 0 heterocycles. The molecule has 0 aliphatic carbocycles. The van der Waals surface area contributed by atoms with Crippen molar-refractivity contribution >= 4 is 63.3 Å². The van der Waals surface area contributed by atoms with Crippen LogP contribution in [0.1, 0.15) is 39.6 Å². The molecule has 4 aromatic rings. The zero-order valence-corrected chi connectivity index (χ0v) is 21.8. The lowest BCUT2D eigenvalue weighted by Crippen LogP contribution is -2.25. The van der Waals surface area contributed by atoms with Gasteiger partial charge in [0.05, 0.1) is 10.8 Å². The van der Waals surface area contributed by atoms with Gasteiger partial charge in [-0.25, -0.2) is 4.79 Å². The van der Waals surface area contributed by atoms with Gasteiger partial charge in [0.1, 0.15) is 0 Å². The van der Waals surface area contributed by atoms with Gasteiger partial charge in [-0.2, -0.15) is 0 Å². The number of carbonyl (C=O) groups excluding carboxylic acids is 2. The van der Waals surface area contributed by atoms with Crippen molar-refractivity contribution in [1.82, 2.24) is 0 Å². The van der Waals surface area contributed by atoms with Gasteiger partial charge in [-0.15, -0.1) is 11.8 Å². The number of carboxylic acid groups (broad SMARTS) is 1. The summed E-state index contributed by atoms with van der Waals surface area (Å²) in [6.07, 6.45) is 0.598. The first-order valence-electron chi connectivity index (χ1n) is 11.7. The molecular formula is C29H25ClN2O4S. The second-order valence-electron chi connectivity index (χ2n) is 8.41. The number of carboxylic acids is 1. The molecule has 0 spiro atoms. The number of carbonyl (C=O) groups is 3. The zero-order chi connectivity index (χ0) is 26.5. The summed E-state index contributed by atoms with van der Waals surface area (Å²) < 4.78 is 0. The van der Waals surface area contributed by atoms with Gasteiger partial charge >= 0.3 is 5.97 Å². The number of amides is 2. The van der Waals surface area contributed by atoms with E-state index in [2.05, 4.69) is 10.6 Å². The molecule has 0 fully saturated rings. The topological polar surface area (TPSA) is 95.5 Å². The summed E-state index contributed by atoms with van der Waals surface area (Å²) >= 11 is 7.58. The third-order valence-electron chi connectivity index (χ3n) is 5.94. The van der Waals surface area contributed by atoms with E-state index in [0.717, 1.165) is 10.5 Å². The zero-order valence-electron chi connectivity index (χ0n) is 20.2. The van der Waals surface area contributed by atoms with Gasteiger partial charge in [-0.05, 0) is 66.8 Å². The highest BCUT2D eigenvalue weighted by Gasteiger charge is 2.20. The number of anilines is 2. The molecule has 3 N–H and O–H groups in total. The van der Waals surface area contributed by atoms with E-state index in [4.69, 9.17) is 11.6 Å². The Morgan fingerprint density at radius 3 is 2.30 bits per heavy atom. The maximum absolute atomic E-state index is 13.2. The molecule has 0 radical (unpaired) electrons. The van der Waals surface area contributed by atoms with Crippen LogP contribution in [0.2, 0.25) is 5.02 Å². The maximum atomic E-state index is 13.2. The minimum Gasteiger partial charge on any atom is -0.478 e. The molecule has 0 aromatic heterocycles. The molecule has 0 bridgehead atoms. The van der Waals surface area contributed by atoms with Crippen LogP contribution in [0.15, 0.2) is 83.8 Å². The van der Waals surface area contributed by atoms with Crippen molar-refractivity contribution in [2.24, 2.45) is 0 Å². The van der Waals surface area contributed by atoms with Gasteiger partial charge in [0.25, 0.3) is 5.91 Å². The summed E-state index contributed by atoms with van der Waals surface area (Å²) in [5.74, 6) is -1.65. The van der Waals surface area contributed by atoms with Crippen molar-refractivity contribution in [3.05, 3.63) is 101 Å². The number of nitrogens with one attached hydrogen (secondary N) is 2. The Hall–Kier alpha value is -3.81. The Balaban J connectivity index is 1.52. The first-order chi connectivity index (χ1) is 17.8. The van der Waals surface area contributed by atoms with Crippen LogP contribution in [-0.4, -0.2) is 28.1 Å². The van der Waals surface area contributed by atoms with E-state index >= 15 is 0 Å². The molecule has 4 aromatic carbocycles. The molecule has 0 aliphatic rings. The molecule has 6 nitrogen and oxygen atoms in total. The summed E-state index contributed by atoms with van der Waals surface area (Å²) in [6.45, 7) is 3.79. The summed E-state index contributed by atoms with van der Waals surface area (Å²) in [4.78, 5) is 38.7. The molecule has 188 valence electrons. The SMILES string of the molecule is CCC(Sc1cccc(NC(=O)c2cccc3cccc(C(=O)O)c23)c1)C(=O)Nc1cccc(Cl)c1C. The molecule has 2 amide bonds. The van der Waals surface area contributed by atoms with Crippen molar-refractivity contribution in [3.8, 4) is 0 Å². The van der Waals surface area contributed by atoms with Crippen LogP contribution < -0.4 is 10.6 Å². The van der Waals surface area contributed by atoms with E-state index in [-0.39, 0.29) is 22.3 Å². The number of halogens is 1. The predicted octanol–water partition coefficient (Wildman–Crippen LogP) is 7.26. The minimum atomic E-state index is -1.10. The summed E-state index contributed by atoms with van der Waals surface area (Å²) in [6, 6.07) is 22.6. The van der Waals surface area contributed by atoms with Gasteiger partial charge in [0, 0.05) is 32.2 Å². The molecule has 0 saturated carbocycles. The molecule has 0 saturated heterocycles. The van der Waals surface area contributed by atoms with Gasteiger partial charge in [0.2, 0.25) is 5.91 Å². The quantitative estimate of drug-likeness (QED) is 0.207. The summed E-state index contributed by atoms with van der Waals surface area (Å²) in [5.41, 5.74) is 2.37. The van der Waals surface area contributed by atoms with E-state index in [0.29, 0.717) is 33.6 Å². The Morgan fingerprint density at radius 1 is 0.919 bits per heavy atom. The number of fused-ring (bicyclic) bond motifs is 1. The van der Waals surface area contributed by atoms with Gasteiger partial charge in [-0.1, -0.05) is 54.9 Å². The average molecular weight is 533 g/mol. The fourth-order valence-electron chi connectivity index (χ4n) is 4.00.